The molecule has 0 amide bonds. The van der Waals surface area contributed by atoms with Crippen molar-refractivity contribution in [2.45, 2.75) is 32.4 Å². The Hall–Kier alpha value is -1.84. The highest BCUT2D eigenvalue weighted by Gasteiger charge is 2.11. The predicted molar refractivity (Wildman–Crippen MR) is 74.5 cm³/mol. The first-order valence-electron chi connectivity index (χ1n) is 6.32. The Morgan fingerprint density at radius 1 is 1.39 bits per heavy atom. The van der Waals surface area contributed by atoms with E-state index >= 15 is 0 Å². The third-order valence-corrected chi connectivity index (χ3v) is 2.96. The lowest BCUT2D eigenvalue weighted by molar-refractivity contribution is 0.631. The first kappa shape index (κ1) is 12.6. The van der Waals surface area contributed by atoms with Crippen LogP contribution in [0.3, 0.4) is 0 Å². The summed E-state index contributed by atoms with van der Waals surface area (Å²) in [7, 11) is 1.79. The molecule has 0 aliphatic heterocycles. The topological polar surface area (TPSA) is 49.3 Å². The van der Waals surface area contributed by atoms with Crippen LogP contribution in [-0.2, 0) is 6.54 Å². The largest absolute Gasteiger partial charge is 0.353 e. The molecule has 2 rings (SSSR count). The summed E-state index contributed by atoms with van der Waals surface area (Å²) < 4.78 is 0. The van der Waals surface area contributed by atoms with Crippen LogP contribution in [0.1, 0.15) is 24.2 Å². The van der Waals surface area contributed by atoms with E-state index in [-0.39, 0.29) is 0 Å². The Morgan fingerprint density at radius 2 is 2.17 bits per heavy atom. The Balaban J connectivity index is 1.83. The molecule has 0 saturated carbocycles. The van der Waals surface area contributed by atoms with E-state index in [1.54, 1.807) is 7.05 Å². The van der Waals surface area contributed by atoms with Crippen molar-refractivity contribution in [1.29, 1.82) is 0 Å². The third-order valence-electron chi connectivity index (χ3n) is 2.96. The van der Waals surface area contributed by atoms with Gasteiger partial charge in [0.05, 0.1) is 12.2 Å². The number of aromatic nitrogens is 1. The number of aliphatic imine (C=N–C) groups is 1. The molecule has 4 nitrogen and oxygen atoms in total. The molecule has 4 heteroatoms. The van der Waals surface area contributed by atoms with Crippen molar-refractivity contribution in [3.63, 3.8) is 0 Å². The molecule has 0 atom stereocenters. The minimum atomic E-state index is 0.474. The summed E-state index contributed by atoms with van der Waals surface area (Å²) in [6.45, 7) is 2.70. The molecule has 0 spiro atoms. The van der Waals surface area contributed by atoms with Crippen molar-refractivity contribution in [1.82, 2.24) is 15.6 Å². The van der Waals surface area contributed by atoms with Gasteiger partial charge in [-0.25, -0.2) is 0 Å². The zero-order chi connectivity index (χ0) is 12.8. The van der Waals surface area contributed by atoms with Gasteiger partial charge in [-0.3, -0.25) is 9.98 Å². The fraction of sp³-hybridized carbons (Fsp3) is 0.429. The van der Waals surface area contributed by atoms with Crippen LogP contribution < -0.4 is 10.6 Å². The highest BCUT2D eigenvalue weighted by molar-refractivity contribution is 5.80. The van der Waals surface area contributed by atoms with Gasteiger partial charge < -0.3 is 10.6 Å². The minimum Gasteiger partial charge on any atom is -0.353 e. The van der Waals surface area contributed by atoms with Gasteiger partial charge in [-0.15, -0.1) is 0 Å². The summed E-state index contributed by atoms with van der Waals surface area (Å²) >= 11 is 0. The van der Waals surface area contributed by atoms with Crippen LogP contribution >= 0.6 is 0 Å². The van der Waals surface area contributed by atoms with Crippen molar-refractivity contribution in [2.24, 2.45) is 4.99 Å². The Labute approximate surface area is 108 Å². The lowest BCUT2D eigenvalue weighted by atomic mass is 10.2. The molecule has 1 aromatic heterocycles. The zero-order valence-electron chi connectivity index (χ0n) is 11.0. The molecule has 0 fully saturated rings. The van der Waals surface area contributed by atoms with E-state index in [9.17, 15) is 0 Å². The highest BCUT2D eigenvalue weighted by Crippen LogP contribution is 2.08. The quantitative estimate of drug-likeness (QED) is 0.484. The maximum absolute atomic E-state index is 4.45. The van der Waals surface area contributed by atoms with E-state index < -0.39 is 0 Å². The van der Waals surface area contributed by atoms with Gasteiger partial charge >= 0.3 is 0 Å². The van der Waals surface area contributed by atoms with Crippen LogP contribution in [0.5, 0.6) is 0 Å². The monoisotopic (exact) mass is 244 g/mol. The van der Waals surface area contributed by atoms with Gasteiger partial charge in [0.2, 0.25) is 0 Å². The van der Waals surface area contributed by atoms with E-state index in [0.717, 1.165) is 30.2 Å². The summed E-state index contributed by atoms with van der Waals surface area (Å²) in [6.07, 6.45) is 6.55. The predicted octanol–water partition coefficient (Wildman–Crippen LogP) is 1.77. The molecule has 1 aliphatic rings. The summed E-state index contributed by atoms with van der Waals surface area (Å²) in [5.41, 5.74) is 2.07. The smallest absolute Gasteiger partial charge is 0.191 e. The van der Waals surface area contributed by atoms with Crippen LogP contribution in [0.4, 0.5) is 0 Å². The molecule has 0 saturated heterocycles. The number of guanidine groups is 1. The maximum atomic E-state index is 4.45. The maximum Gasteiger partial charge on any atom is 0.191 e. The van der Waals surface area contributed by atoms with Gasteiger partial charge in [0.25, 0.3) is 0 Å². The fourth-order valence-electron chi connectivity index (χ4n) is 2.00. The van der Waals surface area contributed by atoms with Gasteiger partial charge in [-0.05, 0) is 31.9 Å². The van der Waals surface area contributed by atoms with Gasteiger partial charge in [-0.2, -0.15) is 0 Å². The molecular formula is C14H20N4. The van der Waals surface area contributed by atoms with E-state index in [4.69, 9.17) is 0 Å². The molecule has 0 unspecified atom stereocenters. The Bertz CT molecular complexity index is 443. The number of rotatable bonds is 3. The van der Waals surface area contributed by atoms with Gasteiger partial charge in [0.15, 0.2) is 5.96 Å². The number of nitrogens with one attached hydrogen (secondary N) is 2. The highest BCUT2D eigenvalue weighted by atomic mass is 15.2. The van der Waals surface area contributed by atoms with Crippen LogP contribution in [0.25, 0.3) is 0 Å². The van der Waals surface area contributed by atoms with Crippen LogP contribution in [0, 0.1) is 6.92 Å². The second kappa shape index (κ2) is 6.19. The molecule has 1 aliphatic carbocycles. The minimum absolute atomic E-state index is 0.474. The normalized spacial score (nSPS) is 16.0. The Kier molecular flexibility index (Phi) is 4.34. The van der Waals surface area contributed by atoms with Crippen LogP contribution in [-0.4, -0.2) is 24.0 Å². The van der Waals surface area contributed by atoms with Crippen molar-refractivity contribution >= 4 is 5.96 Å². The zero-order valence-corrected chi connectivity index (χ0v) is 11.0. The first-order valence-corrected chi connectivity index (χ1v) is 6.32. The van der Waals surface area contributed by atoms with Gasteiger partial charge in [-0.1, -0.05) is 18.2 Å². The first-order chi connectivity index (χ1) is 8.78. The molecule has 1 aromatic rings. The summed E-state index contributed by atoms with van der Waals surface area (Å²) in [5, 5.41) is 6.69. The van der Waals surface area contributed by atoms with Crippen molar-refractivity contribution in [3.8, 4) is 0 Å². The molecule has 0 radical (unpaired) electrons. The summed E-state index contributed by atoms with van der Waals surface area (Å²) in [4.78, 5) is 8.68. The lowest BCUT2D eigenvalue weighted by Gasteiger charge is -2.16. The number of hydrogen-bond acceptors (Lipinski definition) is 2. The van der Waals surface area contributed by atoms with E-state index in [1.165, 1.54) is 0 Å². The number of pyridine rings is 1. The van der Waals surface area contributed by atoms with Gasteiger partial charge in [0, 0.05) is 18.8 Å². The lowest BCUT2D eigenvalue weighted by Crippen LogP contribution is -2.42. The number of nitrogens with zero attached hydrogens (tertiary/aromatic N) is 2. The average molecular weight is 244 g/mol. The Morgan fingerprint density at radius 3 is 2.83 bits per heavy atom. The second-order valence-corrected chi connectivity index (χ2v) is 4.48. The second-order valence-electron chi connectivity index (χ2n) is 4.48. The molecule has 96 valence electrons. The molecule has 2 N–H and O–H groups in total. The molecule has 18 heavy (non-hydrogen) atoms. The van der Waals surface area contributed by atoms with Crippen LogP contribution in [0.15, 0.2) is 35.3 Å². The number of hydrogen-bond donors (Lipinski definition) is 2. The SMILES string of the molecule is CN=C(NCc1cccc(C)n1)NC1CC=CC1. The van der Waals surface area contributed by atoms with E-state index in [0.29, 0.717) is 12.6 Å². The molecule has 0 bridgehead atoms. The average Bonchev–Trinajstić information content (AvgIpc) is 2.87. The number of aryl methyl sites for hydroxylation is 1. The van der Waals surface area contributed by atoms with Crippen molar-refractivity contribution in [2.75, 3.05) is 7.05 Å². The standard InChI is InChI=1S/C14H20N4/c1-11-6-5-9-13(17-11)10-16-14(15-2)18-12-7-3-4-8-12/h3-6,9,12H,7-8,10H2,1-2H3,(H2,15,16,18). The fourth-order valence-corrected chi connectivity index (χ4v) is 2.00. The molecule has 0 aromatic carbocycles. The van der Waals surface area contributed by atoms with E-state index in [2.05, 4.69) is 32.8 Å². The molecular weight excluding hydrogens is 224 g/mol. The molecule has 1 heterocycles. The van der Waals surface area contributed by atoms with Crippen molar-refractivity contribution < 1.29 is 0 Å². The summed E-state index contributed by atoms with van der Waals surface area (Å²) in [6, 6.07) is 6.52. The van der Waals surface area contributed by atoms with Crippen molar-refractivity contribution in [3.05, 3.63) is 41.7 Å². The van der Waals surface area contributed by atoms with E-state index in [1.807, 2.05) is 25.1 Å². The van der Waals surface area contributed by atoms with Gasteiger partial charge in [0.1, 0.15) is 0 Å². The summed E-state index contributed by atoms with van der Waals surface area (Å²) in [5.74, 6) is 0.840. The third kappa shape index (κ3) is 3.58. The van der Waals surface area contributed by atoms with Crippen LogP contribution in [0.2, 0.25) is 0 Å².